The summed E-state index contributed by atoms with van der Waals surface area (Å²) in [5.74, 6) is -1.86. The van der Waals surface area contributed by atoms with Crippen molar-refractivity contribution < 1.29 is 27.5 Å². The van der Waals surface area contributed by atoms with Crippen molar-refractivity contribution in [1.29, 1.82) is 0 Å². The van der Waals surface area contributed by atoms with Crippen LogP contribution >= 0.6 is 0 Å². The summed E-state index contributed by atoms with van der Waals surface area (Å²) < 4.78 is 32.7. The van der Waals surface area contributed by atoms with Crippen LogP contribution in [-0.2, 0) is 30.8 Å². The number of aryl methyl sites for hydroxylation is 1. The number of hydrogen-bond donors (Lipinski definition) is 1. The average molecular weight is 577 g/mol. The summed E-state index contributed by atoms with van der Waals surface area (Å²) in [5, 5.41) is 2.92. The van der Waals surface area contributed by atoms with Gasteiger partial charge in [0.25, 0.3) is 15.9 Å². The first-order chi connectivity index (χ1) is 19.8. The second-order valence-electron chi connectivity index (χ2n) is 10.1. The molecule has 41 heavy (non-hydrogen) atoms. The van der Waals surface area contributed by atoms with Crippen LogP contribution in [0.3, 0.4) is 0 Å². The minimum Gasteiger partial charge on any atom is -0.376 e. The van der Waals surface area contributed by atoms with E-state index in [4.69, 9.17) is 4.74 Å². The van der Waals surface area contributed by atoms with Gasteiger partial charge >= 0.3 is 0 Å². The van der Waals surface area contributed by atoms with Gasteiger partial charge in [-0.3, -0.25) is 19.4 Å². The number of amides is 3. The lowest BCUT2D eigenvalue weighted by Gasteiger charge is -2.33. The van der Waals surface area contributed by atoms with E-state index in [1.54, 1.807) is 18.2 Å². The van der Waals surface area contributed by atoms with Gasteiger partial charge in [-0.2, -0.15) is 0 Å². The standard InChI is InChI=1S/C30H32N4O6S/c1-21-7-2-3-8-22(21)14-17-33(27(35)20-34-30(37)25-10-4-5-11-26(25)41(34,38)39)28(23-12-15-31-16-13-23)29(36)32-19-24-9-6-18-40-24/h2-5,7-8,10-13,15-16,24,28H,6,9,14,17-20H2,1H3,(H,32,36)/t24-,28-/m1/s1. The summed E-state index contributed by atoms with van der Waals surface area (Å²) >= 11 is 0. The van der Waals surface area contributed by atoms with Gasteiger partial charge in [0.1, 0.15) is 17.5 Å². The molecule has 3 heterocycles. The summed E-state index contributed by atoms with van der Waals surface area (Å²) in [7, 11) is -4.22. The third kappa shape index (κ3) is 6.01. The lowest BCUT2D eigenvalue weighted by molar-refractivity contribution is -0.141. The van der Waals surface area contributed by atoms with E-state index in [1.807, 2.05) is 31.2 Å². The van der Waals surface area contributed by atoms with Crippen LogP contribution in [0.15, 0.2) is 78.0 Å². The number of ether oxygens (including phenoxy) is 1. The molecule has 1 N–H and O–H groups in total. The fourth-order valence-corrected chi connectivity index (χ4v) is 6.78. The number of hydrogen-bond acceptors (Lipinski definition) is 7. The van der Waals surface area contributed by atoms with Gasteiger partial charge in [-0.05, 0) is 67.1 Å². The second-order valence-corrected chi connectivity index (χ2v) is 12.0. The first kappa shape index (κ1) is 28.4. The Morgan fingerprint density at radius 2 is 1.83 bits per heavy atom. The van der Waals surface area contributed by atoms with E-state index in [9.17, 15) is 22.8 Å². The Morgan fingerprint density at radius 3 is 2.54 bits per heavy atom. The largest absolute Gasteiger partial charge is 0.376 e. The van der Waals surface area contributed by atoms with Crippen LogP contribution in [0.4, 0.5) is 0 Å². The van der Waals surface area contributed by atoms with E-state index in [-0.39, 0.29) is 29.7 Å². The molecule has 214 valence electrons. The van der Waals surface area contributed by atoms with Crippen molar-refractivity contribution in [2.45, 2.75) is 43.2 Å². The number of fused-ring (bicyclic) bond motifs is 1. The molecule has 0 spiro atoms. The number of aromatic nitrogens is 1. The van der Waals surface area contributed by atoms with E-state index >= 15 is 0 Å². The van der Waals surface area contributed by atoms with Crippen LogP contribution in [0.5, 0.6) is 0 Å². The van der Waals surface area contributed by atoms with E-state index in [0.29, 0.717) is 22.9 Å². The van der Waals surface area contributed by atoms with Crippen LogP contribution in [-0.4, -0.2) is 72.7 Å². The highest BCUT2D eigenvalue weighted by Gasteiger charge is 2.43. The monoisotopic (exact) mass is 576 g/mol. The van der Waals surface area contributed by atoms with Crippen molar-refractivity contribution in [3.63, 3.8) is 0 Å². The van der Waals surface area contributed by atoms with Gasteiger partial charge in [0.2, 0.25) is 11.8 Å². The minimum absolute atomic E-state index is 0.0201. The Morgan fingerprint density at radius 1 is 1.10 bits per heavy atom. The van der Waals surface area contributed by atoms with Crippen LogP contribution < -0.4 is 5.32 Å². The highest BCUT2D eigenvalue weighted by atomic mass is 32.2. The maximum Gasteiger partial charge on any atom is 0.269 e. The van der Waals surface area contributed by atoms with Crippen LogP contribution in [0.25, 0.3) is 0 Å². The van der Waals surface area contributed by atoms with Crippen molar-refractivity contribution in [3.8, 4) is 0 Å². The van der Waals surface area contributed by atoms with E-state index in [1.165, 1.54) is 35.5 Å². The summed E-state index contributed by atoms with van der Waals surface area (Å²) in [6.07, 6.45) is 5.11. The number of pyridine rings is 1. The number of carbonyl (C=O) groups is 3. The number of nitrogens with zero attached hydrogens (tertiary/aromatic N) is 3. The summed E-state index contributed by atoms with van der Waals surface area (Å²) in [6, 6.07) is 15.8. The van der Waals surface area contributed by atoms with Crippen molar-refractivity contribution in [2.24, 2.45) is 0 Å². The van der Waals surface area contributed by atoms with Gasteiger partial charge in [0.15, 0.2) is 0 Å². The predicted molar refractivity (Wildman–Crippen MR) is 150 cm³/mol. The van der Waals surface area contributed by atoms with Gasteiger partial charge in [-0.25, -0.2) is 12.7 Å². The Labute approximate surface area is 239 Å². The molecule has 0 radical (unpaired) electrons. The molecule has 2 aromatic carbocycles. The smallest absolute Gasteiger partial charge is 0.269 e. The molecule has 1 fully saturated rings. The molecule has 2 aliphatic heterocycles. The average Bonchev–Trinajstić information content (AvgIpc) is 3.57. The summed E-state index contributed by atoms with van der Waals surface area (Å²) in [4.78, 5) is 46.1. The fraction of sp³-hybridized carbons (Fsp3) is 0.333. The molecule has 10 nitrogen and oxygen atoms in total. The second kappa shape index (κ2) is 12.2. The highest BCUT2D eigenvalue weighted by Crippen LogP contribution is 2.31. The number of nitrogens with one attached hydrogen (secondary N) is 1. The Hall–Kier alpha value is -4.09. The molecule has 2 atom stereocenters. The Kier molecular flexibility index (Phi) is 8.46. The number of sulfonamides is 1. The highest BCUT2D eigenvalue weighted by molar-refractivity contribution is 7.90. The molecule has 0 saturated carbocycles. The van der Waals surface area contributed by atoms with E-state index < -0.39 is 40.3 Å². The third-order valence-corrected chi connectivity index (χ3v) is 9.29. The predicted octanol–water partition coefficient (Wildman–Crippen LogP) is 2.64. The van der Waals surface area contributed by atoms with Gasteiger partial charge in [0.05, 0.1) is 11.7 Å². The zero-order valence-electron chi connectivity index (χ0n) is 22.7. The molecule has 0 aliphatic carbocycles. The molecule has 3 amide bonds. The molecule has 5 rings (SSSR count). The van der Waals surface area contributed by atoms with Crippen molar-refractivity contribution in [1.82, 2.24) is 19.5 Å². The summed E-state index contributed by atoms with van der Waals surface area (Å²) in [5.41, 5.74) is 2.54. The molecule has 3 aromatic rings. The Bertz CT molecular complexity index is 1540. The summed E-state index contributed by atoms with van der Waals surface area (Å²) in [6.45, 7) is 2.26. The SMILES string of the molecule is Cc1ccccc1CCN(C(=O)CN1C(=O)c2ccccc2S1(=O)=O)[C@@H](C(=O)NC[C@H]1CCCO1)c1ccncc1. The van der Waals surface area contributed by atoms with E-state index in [0.717, 1.165) is 24.0 Å². The van der Waals surface area contributed by atoms with Crippen LogP contribution in [0.2, 0.25) is 0 Å². The fourth-order valence-electron chi connectivity index (χ4n) is 5.27. The molecular formula is C30H32N4O6S. The topological polar surface area (TPSA) is 126 Å². The maximum atomic E-state index is 14.0. The molecule has 0 bridgehead atoms. The van der Waals surface area contributed by atoms with Crippen LogP contribution in [0.1, 0.15) is 45.9 Å². The molecule has 0 unspecified atom stereocenters. The molecule has 1 aromatic heterocycles. The number of rotatable bonds is 10. The Balaban J connectivity index is 1.47. The minimum atomic E-state index is -4.22. The first-order valence-corrected chi connectivity index (χ1v) is 15.0. The van der Waals surface area contributed by atoms with Crippen molar-refractivity contribution >= 4 is 27.7 Å². The van der Waals surface area contributed by atoms with Crippen LogP contribution in [0, 0.1) is 6.92 Å². The van der Waals surface area contributed by atoms with Gasteiger partial charge in [0, 0.05) is 32.1 Å². The van der Waals surface area contributed by atoms with E-state index in [2.05, 4.69) is 10.3 Å². The third-order valence-electron chi connectivity index (χ3n) is 7.50. The molecular weight excluding hydrogens is 544 g/mol. The van der Waals surface area contributed by atoms with Gasteiger partial charge in [-0.1, -0.05) is 36.4 Å². The maximum absolute atomic E-state index is 14.0. The number of carbonyl (C=O) groups excluding carboxylic acids is 3. The molecule has 11 heteroatoms. The first-order valence-electron chi connectivity index (χ1n) is 13.6. The molecule has 1 saturated heterocycles. The zero-order valence-corrected chi connectivity index (χ0v) is 23.5. The zero-order chi connectivity index (χ0) is 29.0. The lowest BCUT2D eigenvalue weighted by Crippen LogP contribution is -2.49. The lowest BCUT2D eigenvalue weighted by atomic mass is 10.0. The van der Waals surface area contributed by atoms with Crippen molar-refractivity contribution in [3.05, 3.63) is 95.3 Å². The normalized spacial score (nSPS) is 18.1. The van der Waals surface area contributed by atoms with Gasteiger partial charge < -0.3 is 15.0 Å². The number of benzene rings is 2. The van der Waals surface area contributed by atoms with Crippen molar-refractivity contribution in [2.75, 3.05) is 26.2 Å². The van der Waals surface area contributed by atoms with Gasteiger partial charge in [-0.15, -0.1) is 0 Å². The molecule has 2 aliphatic rings. The quantitative estimate of drug-likeness (QED) is 0.393.